The number of hydrogen-bond acceptors (Lipinski definition) is 4. The standard InChI is InChI=1S/C12H12N2O2S/c1-7-10(12(13)15)11(14-17-7)8-3-5-9(16-2)6-4-8/h3-6H,1-2H3,(H2,13,15). The second-order valence-corrected chi connectivity index (χ2v) is 4.53. The Kier molecular flexibility index (Phi) is 3.10. The van der Waals surface area contributed by atoms with Gasteiger partial charge in [-0.1, -0.05) is 0 Å². The summed E-state index contributed by atoms with van der Waals surface area (Å²) in [6.07, 6.45) is 0. The third kappa shape index (κ3) is 2.14. The lowest BCUT2D eigenvalue weighted by molar-refractivity contribution is 0.100. The van der Waals surface area contributed by atoms with Crippen molar-refractivity contribution >= 4 is 17.4 Å². The molecule has 2 aromatic rings. The maximum Gasteiger partial charge on any atom is 0.252 e. The minimum atomic E-state index is -0.443. The van der Waals surface area contributed by atoms with Gasteiger partial charge in [-0.2, -0.15) is 4.37 Å². The fourth-order valence-electron chi connectivity index (χ4n) is 1.61. The second kappa shape index (κ2) is 4.55. The lowest BCUT2D eigenvalue weighted by Gasteiger charge is -2.02. The molecule has 2 N–H and O–H groups in total. The fourth-order valence-corrected chi connectivity index (χ4v) is 2.32. The number of methoxy groups -OCH3 is 1. The lowest BCUT2D eigenvalue weighted by atomic mass is 10.1. The van der Waals surface area contributed by atoms with Gasteiger partial charge in [-0.25, -0.2) is 0 Å². The number of aryl methyl sites for hydroxylation is 1. The van der Waals surface area contributed by atoms with E-state index in [9.17, 15) is 4.79 Å². The number of ether oxygens (including phenoxy) is 1. The molecule has 0 aliphatic rings. The van der Waals surface area contributed by atoms with Gasteiger partial charge in [0.25, 0.3) is 5.91 Å². The molecule has 0 unspecified atom stereocenters. The summed E-state index contributed by atoms with van der Waals surface area (Å²) < 4.78 is 9.34. The van der Waals surface area contributed by atoms with Gasteiger partial charge in [-0.15, -0.1) is 0 Å². The number of nitrogens with zero attached hydrogens (tertiary/aromatic N) is 1. The highest BCUT2D eigenvalue weighted by molar-refractivity contribution is 7.06. The lowest BCUT2D eigenvalue weighted by Crippen LogP contribution is -2.12. The van der Waals surface area contributed by atoms with E-state index in [2.05, 4.69) is 4.37 Å². The van der Waals surface area contributed by atoms with E-state index < -0.39 is 5.91 Å². The first-order valence-corrected chi connectivity index (χ1v) is 5.81. The number of carbonyl (C=O) groups excluding carboxylic acids is 1. The van der Waals surface area contributed by atoms with Crippen LogP contribution in [0.4, 0.5) is 0 Å². The number of benzene rings is 1. The molecule has 17 heavy (non-hydrogen) atoms. The van der Waals surface area contributed by atoms with Crippen molar-refractivity contribution in [3.63, 3.8) is 0 Å². The predicted octanol–water partition coefficient (Wildman–Crippen LogP) is 2.23. The summed E-state index contributed by atoms with van der Waals surface area (Å²) in [5.74, 6) is 0.323. The maximum atomic E-state index is 11.4. The zero-order valence-electron chi connectivity index (χ0n) is 9.56. The Morgan fingerprint density at radius 2 is 2.00 bits per heavy atom. The molecule has 0 radical (unpaired) electrons. The van der Waals surface area contributed by atoms with E-state index in [0.717, 1.165) is 16.2 Å². The van der Waals surface area contributed by atoms with Gasteiger partial charge in [0.2, 0.25) is 0 Å². The van der Waals surface area contributed by atoms with Crippen LogP contribution in [0.1, 0.15) is 15.2 Å². The zero-order valence-corrected chi connectivity index (χ0v) is 10.4. The van der Waals surface area contributed by atoms with Crippen molar-refractivity contribution in [1.82, 2.24) is 4.37 Å². The number of nitrogens with two attached hydrogens (primary N) is 1. The molecule has 0 saturated carbocycles. The van der Waals surface area contributed by atoms with E-state index in [1.807, 2.05) is 31.2 Å². The Balaban J connectivity index is 2.49. The van der Waals surface area contributed by atoms with Gasteiger partial charge in [0, 0.05) is 10.4 Å². The van der Waals surface area contributed by atoms with Gasteiger partial charge in [0.1, 0.15) is 5.75 Å². The van der Waals surface area contributed by atoms with E-state index in [0.29, 0.717) is 11.3 Å². The molecule has 2 rings (SSSR count). The molecule has 1 heterocycles. The van der Waals surface area contributed by atoms with Crippen LogP contribution in [0.15, 0.2) is 24.3 Å². The van der Waals surface area contributed by atoms with Crippen molar-refractivity contribution in [3.05, 3.63) is 34.7 Å². The molecule has 0 atom stereocenters. The van der Waals surface area contributed by atoms with Crippen molar-refractivity contribution in [2.75, 3.05) is 7.11 Å². The Labute approximate surface area is 103 Å². The number of amides is 1. The van der Waals surface area contributed by atoms with E-state index in [-0.39, 0.29) is 0 Å². The summed E-state index contributed by atoms with van der Waals surface area (Å²) in [7, 11) is 1.61. The third-order valence-electron chi connectivity index (χ3n) is 2.47. The molecule has 0 aliphatic heterocycles. The first kappa shape index (κ1) is 11.6. The van der Waals surface area contributed by atoms with Crippen LogP contribution in [0, 0.1) is 6.92 Å². The van der Waals surface area contributed by atoms with Crippen LogP contribution >= 0.6 is 11.5 Å². The highest BCUT2D eigenvalue weighted by Crippen LogP contribution is 2.28. The van der Waals surface area contributed by atoms with E-state index in [1.54, 1.807) is 7.11 Å². The van der Waals surface area contributed by atoms with Crippen LogP contribution in [-0.2, 0) is 0 Å². The first-order valence-electron chi connectivity index (χ1n) is 5.04. The molecule has 1 aromatic carbocycles. The number of primary amides is 1. The van der Waals surface area contributed by atoms with Gasteiger partial charge in [0.15, 0.2) is 0 Å². The molecule has 0 bridgehead atoms. The molecule has 0 fully saturated rings. The van der Waals surface area contributed by atoms with Crippen molar-refractivity contribution in [2.24, 2.45) is 5.73 Å². The summed E-state index contributed by atoms with van der Waals surface area (Å²) in [5, 5.41) is 0. The van der Waals surface area contributed by atoms with Gasteiger partial charge in [0.05, 0.1) is 18.4 Å². The Morgan fingerprint density at radius 3 is 2.53 bits per heavy atom. The van der Waals surface area contributed by atoms with Crippen LogP contribution in [0.2, 0.25) is 0 Å². The summed E-state index contributed by atoms with van der Waals surface area (Å²) in [4.78, 5) is 12.2. The topological polar surface area (TPSA) is 65.2 Å². The van der Waals surface area contributed by atoms with Crippen LogP contribution in [0.5, 0.6) is 5.75 Å². The number of aromatic nitrogens is 1. The SMILES string of the molecule is COc1ccc(-c2nsc(C)c2C(N)=O)cc1. The predicted molar refractivity (Wildman–Crippen MR) is 67.4 cm³/mol. The quantitative estimate of drug-likeness (QED) is 0.905. The summed E-state index contributed by atoms with van der Waals surface area (Å²) >= 11 is 1.28. The van der Waals surface area contributed by atoms with Gasteiger partial charge in [-0.3, -0.25) is 4.79 Å². The van der Waals surface area contributed by atoms with E-state index >= 15 is 0 Å². The summed E-state index contributed by atoms with van der Waals surface area (Å²) in [6, 6.07) is 7.38. The normalized spacial score (nSPS) is 10.2. The van der Waals surface area contributed by atoms with Crippen molar-refractivity contribution in [3.8, 4) is 17.0 Å². The molecule has 88 valence electrons. The van der Waals surface area contributed by atoms with E-state index in [4.69, 9.17) is 10.5 Å². The van der Waals surface area contributed by atoms with E-state index in [1.165, 1.54) is 11.5 Å². The van der Waals surface area contributed by atoms with Crippen LogP contribution in [-0.4, -0.2) is 17.4 Å². The Bertz CT molecular complexity index is 546. The van der Waals surface area contributed by atoms with Crippen LogP contribution in [0.3, 0.4) is 0 Å². The summed E-state index contributed by atoms with van der Waals surface area (Å²) in [6.45, 7) is 1.84. The monoisotopic (exact) mass is 248 g/mol. The average Bonchev–Trinajstić information content (AvgIpc) is 2.71. The zero-order chi connectivity index (χ0) is 12.4. The maximum absolute atomic E-state index is 11.4. The van der Waals surface area contributed by atoms with Gasteiger partial charge < -0.3 is 10.5 Å². The van der Waals surface area contributed by atoms with Crippen molar-refractivity contribution in [1.29, 1.82) is 0 Å². The van der Waals surface area contributed by atoms with Crippen LogP contribution in [0.25, 0.3) is 11.3 Å². The van der Waals surface area contributed by atoms with Crippen molar-refractivity contribution in [2.45, 2.75) is 6.92 Å². The minimum Gasteiger partial charge on any atom is -0.497 e. The fraction of sp³-hybridized carbons (Fsp3) is 0.167. The molecule has 4 nitrogen and oxygen atoms in total. The average molecular weight is 248 g/mol. The number of hydrogen-bond donors (Lipinski definition) is 1. The highest BCUT2D eigenvalue weighted by atomic mass is 32.1. The largest absolute Gasteiger partial charge is 0.497 e. The molecule has 1 aromatic heterocycles. The number of rotatable bonds is 3. The Hall–Kier alpha value is -1.88. The highest BCUT2D eigenvalue weighted by Gasteiger charge is 2.16. The first-order chi connectivity index (χ1) is 8.13. The van der Waals surface area contributed by atoms with Crippen LogP contribution < -0.4 is 10.5 Å². The van der Waals surface area contributed by atoms with Crippen molar-refractivity contribution < 1.29 is 9.53 Å². The Morgan fingerprint density at radius 1 is 1.35 bits per heavy atom. The molecular weight excluding hydrogens is 236 g/mol. The smallest absolute Gasteiger partial charge is 0.252 e. The molecule has 0 saturated heterocycles. The molecular formula is C12H12N2O2S. The van der Waals surface area contributed by atoms with Gasteiger partial charge in [-0.05, 0) is 42.7 Å². The minimum absolute atomic E-state index is 0.443. The third-order valence-corrected chi connectivity index (χ3v) is 3.22. The number of carbonyl (C=O) groups is 1. The summed E-state index contributed by atoms with van der Waals surface area (Å²) in [5.41, 5.74) is 7.36. The van der Waals surface area contributed by atoms with Gasteiger partial charge >= 0.3 is 0 Å². The molecule has 1 amide bonds. The second-order valence-electron chi connectivity index (χ2n) is 3.56. The molecule has 5 heteroatoms. The molecule has 0 aliphatic carbocycles. The molecule has 0 spiro atoms.